The molecule has 0 saturated heterocycles. The van der Waals surface area contributed by atoms with Crippen LogP contribution in [0.2, 0.25) is 0 Å². The second-order valence-corrected chi connectivity index (χ2v) is 8.22. The number of carbonyl (C=O) groups excluding carboxylic acids is 2. The maximum Gasteiger partial charge on any atom is 0.255 e. The zero-order chi connectivity index (χ0) is 22.3. The van der Waals surface area contributed by atoms with E-state index in [4.69, 9.17) is 0 Å². The molecule has 0 radical (unpaired) electrons. The number of nitrogens with one attached hydrogen (secondary N) is 2. The minimum Gasteiger partial charge on any atom is -0.352 e. The molecule has 6 nitrogen and oxygen atoms in total. The third kappa shape index (κ3) is 5.65. The zero-order valence-electron chi connectivity index (χ0n) is 17.5. The molecule has 0 aliphatic carbocycles. The standard InChI is InChI=1S/C25H22N4O2S/c1-17-7-9-19(10-8-17)24(31)28-21-6-2-4-18(12-21)14-27-23(30)13-22-16-32-25(29-22)20-5-3-11-26-15-20/h2-12,15-16H,13-14H2,1H3,(H,27,30)(H,28,31). The molecule has 0 spiro atoms. The molecule has 4 aromatic rings. The minimum absolute atomic E-state index is 0.109. The normalized spacial score (nSPS) is 10.5. The summed E-state index contributed by atoms with van der Waals surface area (Å²) in [5, 5.41) is 8.55. The van der Waals surface area contributed by atoms with Crippen molar-refractivity contribution < 1.29 is 9.59 Å². The van der Waals surface area contributed by atoms with Crippen LogP contribution in [0.15, 0.2) is 78.4 Å². The van der Waals surface area contributed by atoms with Gasteiger partial charge in [0.15, 0.2) is 0 Å². The summed E-state index contributed by atoms with van der Waals surface area (Å²) in [6.07, 6.45) is 3.68. The first kappa shape index (κ1) is 21.4. The van der Waals surface area contributed by atoms with E-state index in [0.29, 0.717) is 17.8 Å². The topological polar surface area (TPSA) is 84.0 Å². The van der Waals surface area contributed by atoms with Gasteiger partial charge in [0.25, 0.3) is 5.91 Å². The molecule has 7 heteroatoms. The number of hydrogen-bond donors (Lipinski definition) is 2. The number of pyridine rings is 1. The van der Waals surface area contributed by atoms with Gasteiger partial charge in [-0.15, -0.1) is 11.3 Å². The summed E-state index contributed by atoms with van der Waals surface area (Å²) in [6.45, 7) is 2.35. The van der Waals surface area contributed by atoms with E-state index in [-0.39, 0.29) is 18.2 Å². The number of thiazole rings is 1. The molecule has 2 heterocycles. The monoisotopic (exact) mass is 442 g/mol. The Morgan fingerprint density at radius 2 is 1.88 bits per heavy atom. The Balaban J connectivity index is 1.31. The summed E-state index contributed by atoms with van der Waals surface area (Å²) in [5.41, 5.74) is 4.95. The van der Waals surface area contributed by atoms with Gasteiger partial charge in [0, 0.05) is 41.1 Å². The molecular formula is C25H22N4O2S. The van der Waals surface area contributed by atoms with Crippen molar-refractivity contribution in [3.8, 4) is 10.6 Å². The van der Waals surface area contributed by atoms with Crippen molar-refractivity contribution >= 4 is 28.8 Å². The molecule has 0 unspecified atom stereocenters. The van der Waals surface area contributed by atoms with Crippen molar-refractivity contribution in [2.24, 2.45) is 0 Å². The second-order valence-electron chi connectivity index (χ2n) is 7.36. The van der Waals surface area contributed by atoms with Gasteiger partial charge in [-0.1, -0.05) is 29.8 Å². The maximum absolute atomic E-state index is 12.4. The zero-order valence-corrected chi connectivity index (χ0v) is 18.4. The highest BCUT2D eigenvalue weighted by Crippen LogP contribution is 2.22. The second kappa shape index (κ2) is 9.98. The molecule has 0 aliphatic heterocycles. The van der Waals surface area contributed by atoms with Crippen LogP contribution in [0.3, 0.4) is 0 Å². The first-order valence-corrected chi connectivity index (χ1v) is 11.0. The molecule has 4 rings (SSSR count). The Morgan fingerprint density at radius 3 is 2.66 bits per heavy atom. The van der Waals surface area contributed by atoms with E-state index in [1.54, 1.807) is 24.5 Å². The van der Waals surface area contributed by atoms with Gasteiger partial charge in [-0.3, -0.25) is 14.6 Å². The van der Waals surface area contributed by atoms with Crippen molar-refractivity contribution in [2.45, 2.75) is 19.9 Å². The number of aromatic nitrogens is 2. The summed E-state index contributed by atoms with van der Waals surface area (Å²) >= 11 is 1.49. The number of anilines is 1. The summed E-state index contributed by atoms with van der Waals surface area (Å²) in [4.78, 5) is 33.4. The van der Waals surface area contributed by atoms with Crippen LogP contribution in [0, 0.1) is 6.92 Å². The molecule has 2 amide bonds. The SMILES string of the molecule is Cc1ccc(C(=O)Nc2cccc(CNC(=O)Cc3csc(-c4cccnc4)n3)c2)cc1. The van der Waals surface area contributed by atoms with Gasteiger partial charge in [0.2, 0.25) is 5.91 Å². The smallest absolute Gasteiger partial charge is 0.255 e. The fraction of sp³-hybridized carbons (Fsp3) is 0.120. The predicted octanol–water partition coefficient (Wildman–Crippen LogP) is 4.62. The van der Waals surface area contributed by atoms with Gasteiger partial charge in [-0.05, 0) is 48.9 Å². The number of benzene rings is 2. The van der Waals surface area contributed by atoms with Crippen LogP contribution in [0.25, 0.3) is 10.6 Å². The molecule has 0 bridgehead atoms. The number of nitrogens with zero attached hydrogens (tertiary/aromatic N) is 2. The predicted molar refractivity (Wildman–Crippen MR) is 126 cm³/mol. The van der Waals surface area contributed by atoms with Crippen LogP contribution in [-0.4, -0.2) is 21.8 Å². The van der Waals surface area contributed by atoms with Gasteiger partial charge < -0.3 is 10.6 Å². The molecule has 2 N–H and O–H groups in total. The Kier molecular flexibility index (Phi) is 6.67. The first-order valence-electron chi connectivity index (χ1n) is 10.2. The molecule has 160 valence electrons. The van der Waals surface area contributed by atoms with Crippen LogP contribution in [0.4, 0.5) is 5.69 Å². The minimum atomic E-state index is -0.167. The Labute approximate surface area is 190 Å². The van der Waals surface area contributed by atoms with E-state index in [0.717, 1.165) is 27.4 Å². The lowest BCUT2D eigenvalue weighted by atomic mass is 10.1. The fourth-order valence-corrected chi connectivity index (χ4v) is 3.92. The first-order chi connectivity index (χ1) is 15.6. The molecule has 32 heavy (non-hydrogen) atoms. The maximum atomic E-state index is 12.4. The third-order valence-electron chi connectivity index (χ3n) is 4.79. The lowest BCUT2D eigenvalue weighted by Crippen LogP contribution is -2.24. The number of amides is 2. The molecule has 2 aromatic carbocycles. The van der Waals surface area contributed by atoms with Crippen molar-refractivity contribution in [3.05, 3.63) is 101 Å². The number of aryl methyl sites for hydroxylation is 1. The summed E-state index contributed by atoms with van der Waals surface area (Å²) in [7, 11) is 0. The molecule has 0 aliphatic rings. The summed E-state index contributed by atoms with van der Waals surface area (Å²) in [6, 6.07) is 18.7. The largest absolute Gasteiger partial charge is 0.352 e. The summed E-state index contributed by atoms with van der Waals surface area (Å²) in [5.74, 6) is -0.277. The van der Waals surface area contributed by atoms with Crippen LogP contribution < -0.4 is 10.6 Å². The van der Waals surface area contributed by atoms with Gasteiger partial charge in [-0.2, -0.15) is 0 Å². The highest BCUT2D eigenvalue weighted by atomic mass is 32.1. The van der Waals surface area contributed by atoms with Gasteiger partial charge in [0.05, 0.1) is 12.1 Å². The van der Waals surface area contributed by atoms with Crippen LogP contribution in [0.5, 0.6) is 0 Å². The van der Waals surface area contributed by atoms with E-state index in [9.17, 15) is 9.59 Å². The summed E-state index contributed by atoms with van der Waals surface area (Å²) < 4.78 is 0. The van der Waals surface area contributed by atoms with E-state index in [1.165, 1.54) is 11.3 Å². The number of hydrogen-bond acceptors (Lipinski definition) is 5. The third-order valence-corrected chi connectivity index (χ3v) is 5.73. The average Bonchev–Trinajstić information content (AvgIpc) is 3.27. The van der Waals surface area contributed by atoms with Crippen molar-refractivity contribution in [2.75, 3.05) is 5.32 Å². The van der Waals surface area contributed by atoms with E-state index < -0.39 is 0 Å². The molecule has 2 aromatic heterocycles. The number of rotatable bonds is 7. The fourth-order valence-electron chi connectivity index (χ4n) is 3.10. The van der Waals surface area contributed by atoms with Gasteiger partial charge in [0.1, 0.15) is 5.01 Å². The van der Waals surface area contributed by atoms with Crippen molar-refractivity contribution in [3.63, 3.8) is 0 Å². The Bertz CT molecular complexity index is 1220. The lowest BCUT2D eigenvalue weighted by molar-refractivity contribution is -0.120. The van der Waals surface area contributed by atoms with Gasteiger partial charge in [-0.25, -0.2) is 4.98 Å². The Morgan fingerprint density at radius 1 is 1.03 bits per heavy atom. The van der Waals surface area contributed by atoms with E-state index in [2.05, 4.69) is 20.6 Å². The average molecular weight is 443 g/mol. The van der Waals surface area contributed by atoms with Crippen molar-refractivity contribution in [1.82, 2.24) is 15.3 Å². The van der Waals surface area contributed by atoms with Crippen LogP contribution in [0.1, 0.15) is 27.2 Å². The van der Waals surface area contributed by atoms with Crippen LogP contribution in [-0.2, 0) is 17.8 Å². The lowest BCUT2D eigenvalue weighted by Gasteiger charge is -2.09. The molecule has 0 fully saturated rings. The Hall–Kier alpha value is -3.84. The van der Waals surface area contributed by atoms with Crippen LogP contribution >= 0.6 is 11.3 Å². The van der Waals surface area contributed by atoms with E-state index in [1.807, 2.05) is 60.8 Å². The highest BCUT2D eigenvalue weighted by Gasteiger charge is 2.10. The van der Waals surface area contributed by atoms with Gasteiger partial charge >= 0.3 is 0 Å². The van der Waals surface area contributed by atoms with E-state index >= 15 is 0 Å². The highest BCUT2D eigenvalue weighted by molar-refractivity contribution is 7.13. The quantitative estimate of drug-likeness (QED) is 0.437. The molecular weight excluding hydrogens is 420 g/mol. The molecule has 0 atom stereocenters. The van der Waals surface area contributed by atoms with Crippen molar-refractivity contribution in [1.29, 1.82) is 0 Å². The number of carbonyl (C=O) groups is 2. The molecule has 0 saturated carbocycles.